The van der Waals surface area contributed by atoms with Gasteiger partial charge in [-0.05, 0) is 48.6 Å². The summed E-state index contributed by atoms with van der Waals surface area (Å²) in [5, 5.41) is 7.55. The molecule has 1 aliphatic rings. The van der Waals surface area contributed by atoms with Crippen LogP contribution in [0.25, 0.3) is 0 Å². The number of hydrogen-bond acceptors (Lipinski definition) is 6. The van der Waals surface area contributed by atoms with Crippen molar-refractivity contribution < 1.29 is 18.8 Å². The monoisotopic (exact) mass is 466 g/mol. The fraction of sp³-hybridized carbons (Fsp3) is 0.333. The van der Waals surface area contributed by atoms with Crippen molar-refractivity contribution in [1.29, 1.82) is 0 Å². The molecule has 0 saturated heterocycles. The molecule has 0 aliphatic heterocycles. The Bertz CT molecular complexity index is 1050. The molecule has 3 heterocycles. The lowest BCUT2D eigenvalue weighted by atomic mass is 9.95. The Labute approximate surface area is 196 Å². The minimum absolute atomic E-state index is 0.0631. The molecular formula is C24H26N4O4S. The minimum Gasteiger partial charge on any atom is -0.467 e. The maximum absolute atomic E-state index is 13.5. The van der Waals surface area contributed by atoms with Crippen molar-refractivity contribution in [3.63, 3.8) is 0 Å². The summed E-state index contributed by atoms with van der Waals surface area (Å²) in [6.07, 6.45) is 9.70. The molecule has 1 unspecified atom stereocenters. The van der Waals surface area contributed by atoms with Crippen molar-refractivity contribution in [3.05, 3.63) is 71.1 Å². The molecule has 2 N–H and O–H groups in total. The number of nitrogens with one attached hydrogen (secondary N) is 2. The molecule has 33 heavy (non-hydrogen) atoms. The zero-order valence-corrected chi connectivity index (χ0v) is 18.9. The van der Waals surface area contributed by atoms with Crippen LogP contribution in [0.5, 0.6) is 0 Å². The normalized spacial score (nSPS) is 14.9. The van der Waals surface area contributed by atoms with E-state index in [2.05, 4.69) is 15.6 Å². The molecule has 1 saturated carbocycles. The summed E-state index contributed by atoms with van der Waals surface area (Å²) in [6, 6.07) is 9.24. The fourth-order valence-corrected chi connectivity index (χ4v) is 4.66. The van der Waals surface area contributed by atoms with Gasteiger partial charge in [0.1, 0.15) is 5.76 Å². The SMILES string of the molecule is O=C(NCC(=O)N(c1cccnc1)C(C(=O)NC1CCCCC1)c1ccco1)c1cccs1. The Balaban J connectivity index is 1.60. The summed E-state index contributed by atoms with van der Waals surface area (Å²) in [7, 11) is 0. The highest BCUT2D eigenvalue weighted by Gasteiger charge is 2.36. The van der Waals surface area contributed by atoms with E-state index in [-0.39, 0.29) is 24.4 Å². The molecule has 3 aromatic heterocycles. The molecule has 9 heteroatoms. The molecule has 0 aromatic carbocycles. The number of pyridine rings is 1. The van der Waals surface area contributed by atoms with Crippen LogP contribution < -0.4 is 15.5 Å². The van der Waals surface area contributed by atoms with Gasteiger partial charge in [0.25, 0.3) is 11.8 Å². The first-order chi connectivity index (χ1) is 16.1. The Morgan fingerprint density at radius 3 is 2.64 bits per heavy atom. The first kappa shape index (κ1) is 22.7. The number of carbonyl (C=O) groups excluding carboxylic acids is 3. The van der Waals surface area contributed by atoms with Crippen molar-refractivity contribution in [2.24, 2.45) is 0 Å². The average molecular weight is 467 g/mol. The fourth-order valence-electron chi connectivity index (χ4n) is 4.02. The van der Waals surface area contributed by atoms with Crippen LogP contribution in [0.3, 0.4) is 0 Å². The summed E-state index contributed by atoms with van der Waals surface area (Å²) in [4.78, 5) is 45.3. The van der Waals surface area contributed by atoms with Gasteiger partial charge in [-0.25, -0.2) is 0 Å². The second kappa shape index (κ2) is 10.9. The van der Waals surface area contributed by atoms with Crippen molar-refractivity contribution in [3.8, 4) is 0 Å². The molecule has 4 rings (SSSR count). The van der Waals surface area contributed by atoms with Gasteiger partial charge in [-0.1, -0.05) is 25.3 Å². The van der Waals surface area contributed by atoms with E-state index in [0.717, 1.165) is 32.1 Å². The van der Waals surface area contributed by atoms with E-state index >= 15 is 0 Å². The number of hydrogen-bond donors (Lipinski definition) is 2. The number of amides is 3. The van der Waals surface area contributed by atoms with Gasteiger partial charge in [0.2, 0.25) is 5.91 Å². The van der Waals surface area contributed by atoms with Crippen LogP contribution in [0.4, 0.5) is 5.69 Å². The van der Waals surface area contributed by atoms with Gasteiger partial charge in [-0.3, -0.25) is 24.3 Å². The Hall–Kier alpha value is -3.46. The highest BCUT2D eigenvalue weighted by atomic mass is 32.1. The van der Waals surface area contributed by atoms with Crippen molar-refractivity contribution >= 4 is 34.7 Å². The van der Waals surface area contributed by atoms with E-state index in [9.17, 15) is 14.4 Å². The predicted molar refractivity (Wildman–Crippen MR) is 125 cm³/mol. The summed E-state index contributed by atoms with van der Waals surface area (Å²) >= 11 is 1.29. The molecule has 3 aromatic rings. The molecule has 3 amide bonds. The van der Waals surface area contributed by atoms with Crippen LogP contribution in [-0.2, 0) is 9.59 Å². The number of nitrogens with zero attached hydrogens (tertiary/aromatic N) is 2. The Kier molecular flexibility index (Phi) is 7.51. The van der Waals surface area contributed by atoms with E-state index in [1.54, 1.807) is 48.0 Å². The van der Waals surface area contributed by atoms with E-state index in [1.807, 2.05) is 0 Å². The summed E-state index contributed by atoms with van der Waals surface area (Å²) in [6.45, 7) is -0.278. The first-order valence-electron chi connectivity index (χ1n) is 11.0. The third kappa shape index (κ3) is 5.67. The van der Waals surface area contributed by atoms with E-state index in [1.165, 1.54) is 28.7 Å². The van der Waals surface area contributed by atoms with Crippen molar-refractivity contribution in [2.75, 3.05) is 11.4 Å². The van der Waals surface area contributed by atoms with Crippen LogP contribution in [0, 0.1) is 0 Å². The van der Waals surface area contributed by atoms with Gasteiger partial charge < -0.3 is 15.1 Å². The largest absolute Gasteiger partial charge is 0.467 e. The van der Waals surface area contributed by atoms with Crippen LogP contribution in [0.15, 0.2) is 64.9 Å². The van der Waals surface area contributed by atoms with E-state index in [4.69, 9.17) is 4.42 Å². The Morgan fingerprint density at radius 1 is 1.12 bits per heavy atom. The lowest BCUT2D eigenvalue weighted by Crippen LogP contribution is -2.49. The molecule has 1 fully saturated rings. The van der Waals surface area contributed by atoms with Gasteiger partial charge >= 0.3 is 0 Å². The molecule has 0 radical (unpaired) electrons. The topological polar surface area (TPSA) is 105 Å². The molecule has 0 bridgehead atoms. The summed E-state index contributed by atoms with van der Waals surface area (Å²) < 4.78 is 5.58. The number of aromatic nitrogens is 1. The van der Waals surface area contributed by atoms with Gasteiger partial charge in [0, 0.05) is 12.2 Å². The van der Waals surface area contributed by atoms with Crippen molar-refractivity contribution in [2.45, 2.75) is 44.2 Å². The van der Waals surface area contributed by atoms with Crippen LogP contribution in [-0.4, -0.2) is 35.3 Å². The zero-order chi connectivity index (χ0) is 23.0. The molecular weight excluding hydrogens is 440 g/mol. The quantitative estimate of drug-likeness (QED) is 0.527. The van der Waals surface area contributed by atoms with Gasteiger partial charge in [-0.15, -0.1) is 11.3 Å². The number of rotatable bonds is 8. The minimum atomic E-state index is -1.03. The van der Waals surface area contributed by atoms with Crippen LogP contribution >= 0.6 is 11.3 Å². The maximum atomic E-state index is 13.5. The third-order valence-corrected chi connectivity index (χ3v) is 6.48. The molecule has 172 valence electrons. The average Bonchev–Trinajstić information content (AvgIpc) is 3.56. The molecule has 1 atom stereocenters. The van der Waals surface area contributed by atoms with Crippen LogP contribution in [0.2, 0.25) is 0 Å². The number of carbonyl (C=O) groups is 3. The molecule has 8 nitrogen and oxygen atoms in total. The predicted octanol–water partition coefficient (Wildman–Crippen LogP) is 3.69. The number of furan rings is 1. The maximum Gasteiger partial charge on any atom is 0.261 e. The second-order valence-electron chi connectivity index (χ2n) is 7.90. The summed E-state index contributed by atoms with van der Waals surface area (Å²) in [5.74, 6) is -0.775. The van der Waals surface area contributed by atoms with Gasteiger partial charge in [-0.2, -0.15) is 0 Å². The van der Waals surface area contributed by atoms with Crippen LogP contribution in [0.1, 0.15) is 53.6 Å². The first-order valence-corrected chi connectivity index (χ1v) is 11.9. The highest BCUT2D eigenvalue weighted by Crippen LogP contribution is 2.29. The zero-order valence-electron chi connectivity index (χ0n) is 18.1. The lowest BCUT2D eigenvalue weighted by molar-refractivity contribution is -0.127. The van der Waals surface area contributed by atoms with Gasteiger partial charge in [0.05, 0.1) is 29.6 Å². The number of anilines is 1. The highest BCUT2D eigenvalue weighted by molar-refractivity contribution is 7.12. The van der Waals surface area contributed by atoms with Gasteiger partial charge in [0.15, 0.2) is 6.04 Å². The standard InChI is InChI=1S/C24H26N4O4S/c29-21(16-26-23(30)20-11-6-14-33-20)28(18-9-4-12-25-15-18)22(19-10-5-13-32-19)24(31)27-17-7-2-1-3-8-17/h4-6,9-15,17,22H,1-3,7-8,16H2,(H,26,30)(H,27,31). The molecule has 1 aliphatic carbocycles. The van der Waals surface area contributed by atoms with E-state index < -0.39 is 11.9 Å². The smallest absolute Gasteiger partial charge is 0.261 e. The second-order valence-corrected chi connectivity index (χ2v) is 8.84. The number of thiophene rings is 1. The molecule has 0 spiro atoms. The van der Waals surface area contributed by atoms with Crippen molar-refractivity contribution in [1.82, 2.24) is 15.6 Å². The summed E-state index contributed by atoms with van der Waals surface area (Å²) in [5.41, 5.74) is 0.438. The lowest BCUT2D eigenvalue weighted by Gasteiger charge is -2.32. The van der Waals surface area contributed by atoms with E-state index in [0.29, 0.717) is 16.3 Å². The third-order valence-electron chi connectivity index (χ3n) is 5.61. The Morgan fingerprint density at radius 2 is 1.97 bits per heavy atom.